The van der Waals surface area contributed by atoms with Gasteiger partial charge in [-0.2, -0.15) is 0 Å². The summed E-state index contributed by atoms with van der Waals surface area (Å²) in [6.45, 7) is 2.32. The summed E-state index contributed by atoms with van der Waals surface area (Å²) >= 11 is 0. The summed E-state index contributed by atoms with van der Waals surface area (Å²) in [7, 11) is 0. The minimum atomic E-state index is -0.512. The van der Waals surface area contributed by atoms with Crippen molar-refractivity contribution in [2.75, 3.05) is 0 Å². The summed E-state index contributed by atoms with van der Waals surface area (Å²) < 4.78 is 30.0. The number of rotatable bonds is 6. The number of imidazole rings is 1. The van der Waals surface area contributed by atoms with Gasteiger partial charge in [-0.15, -0.1) is 0 Å². The van der Waals surface area contributed by atoms with E-state index < -0.39 is 11.6 Å². The quantitative estimate of drug-likeness (QED) is 0.579. The number of hydrogen-bond donors (Lipinski definition) is 0. The van der Waals surface area contributed by atoms with Crippen LogP contribution in [0, 0.1) is 11.6 Å². The van der Waals surface area contributed by atoms with Gasteiger partial charge in [-0.3, -0.25) is 0 Å². The fourth-order valence-electron chi connectivity index (χ4n) is 2.87. The second-order valence-corrected chi connectivity index (χ2v) is 5.76. The number of fused-ring (bicyclic) bond motifs is 1. The Hall–Kier alpha value is -2.23. The van der Waals surface area contributed by atoms with Gasteiger partial charge in [0.25, 0.3) is 0 Å². The number of unbranched alkanes of at least 4 members (excludes halogenated alkanes) is 2. The summed E-state index contributed by atoms with van der Waals surface area (Å²) in [5, 5.41) is 0. The van der Waals surface area contributed by atoms with Crippen LogP contribution in [0.3, 0.4) is 0 Å². The predicted octanol–water partition coefficient (Wildman–Crippen LogP) is 5.10. The molecule has 0 bridgehead atoms. The molecule has 0 radical (unpaired) electrons. The van der Waals surface area contributed by atoms with Crippen LogP contribution in [-0.4, -0.2) is 9.55 Å². The van der Waals surface area contributed by atoms with E-state index in [1.807, 2.05) is 28.8 Å². The number of hydrogen-bond acceptors (Lipinski definition) is 1. The topological polar surface area (TPSA) is 17.8 Å². The molecule has 0 fully saturated rings. The van der Waals surface area contributed by atoms with Crippen molar-refractivity contribution in [1.82, 2.24) is 9.55 Å². The molecule has 1 heterocycles. The highest BCUT2D eigenvalue weighted by atomic mass is 19.1. The second kappa shape index (κ2) is 6.90. The SMILES string of the molecule is CCCCCc1nc2ccccc2n1Cc1c(F)cccc1F. The third-order valence-electron chi connectivity index (χ3n) is 4.12. The van der Waals surface area contributed by atoms with Crippen molar-refractivity contribution in [3.63, 3.8) is 0 Å². The number of halogens is 2. The van der Waals surface area contributed by atoms with Gasteiger partial charge < -0.3 is 4.57 Å². The third kappa shape index (κ3) is 3.26. The highest BCUT2D eigenvalue weighted by Crippen LogP contribution is 2.22. The Morgan fingerprint density at radius 2 is 1.70 bits per heavy atom. The van der Waals surface area contributed by atoms with Crippen molar-refractivity contribution in [2.24, 2.45) is 0 Å². The number of para-hydroxylation sites is 2. The van der Waals surface area contributed by atoms with Crippen molar-refractivity contribution in [3.8, 4) is 0 Å². The van der Waals surface area contributed by atoms with E-state index in [9.17, 15) is 8.78 Å². The molecule has 2 aromatic carbocycles. The van der Waals surface area contributed by atoms with Gasteiger partial charge >= 0.3 is 0 Å². The molecule has 0 saturated heterocycles. The van der Waals surface area contributed by atoms with E-state index in [2.05, 4.69) is 11.9 Å². The molecule has 3 aromatic rings. The molecular weight excluding hydrogens is 294 g/mol. The number of aromatic nitrogens is 2. The first-order valence-electron chi connectivity index (χ1n) is 8.07. The highest BCUT2D eigenvalue weighted by Gasteiger charge is 2.15. The van der Waals surface area contributed by atoms with Crippen molar-refractivity contribution < 1.29 is 8.78 Å². The minimum Gasteiger partial charge on any atom is -0.323 e. The van der Waals surface area contributed by atoms with Gasteiger partial charge in [0.1, 0.15) is 17.5 Å². The summed E-state index contributed by atoms with van der Waals surface area (Å²) in [6, 6.07) is 11.7. The van der Waals surface area contributed by atoms with Gasteiger partial charge in [0.15, 0.2) is 0 Å². The van der Waals surface area contributed by atoms with Crippen LogP contribution in [-0.2, 0) is 13.0 Å². The smallest absolute Gasteiger partial charge is 0.131 e. The van der Waals surface area contributed by atoms with E-state index in [-0.39, 0.29) is 12.1 Å². The monoisotopic (exact) mass is 314 g/mol. The predicted molar refractivity (Wildman–Crippen MR) is 88.4 cm³/mol. The molecule has 0 spiro atoms. The van der Waals surface area contributed by atoms with E-state index in [4.69, 9.17) is 0 Å². The van der Waals surface area contributed by atoms with Gasteiger partial charge in [0.05, 0.1) is 17.6 Å². The van der Waals surface area contributed by atoms with Crippen LogP contribution < -0.4 is 0 Å². The lowest BCUT2D eigenvalue weighted by Crippen LogP contribution is -2.08. The maximum Gasteiger partial charge on any atom is 0.131 e. The molecule has 3 rings (SSSR count). The van der Waals surface area contributed by atoms with Crippen LogP contribution in [0.4, 0.5) is 8.78 Å². The average molecular weight is 314 g/mol. The van der Waals surface area contributed by atoms with E-state index in [0.29, 0.717) is 0 Å². The number of aryl methyl sites for hydroxylation is 1. The molecule has 0 N–H and O–H groups in total. The Labute approximate surface area is 134 Å². The molecule has 4 heteroatoms. The second-order valence-electron chi connectivity index (χ2n) is 5.76. The lowest BCUT2D eigenvalue weighted by molar-refractivity contribution is 0.541. The summed E-state index contributed by atoms with van der Waals surface area (Å²) in [5.74, 6) is -0.133. The van der Waals surface area contributed by atoms with Crippen molar-refractivity contribution in [1.29, 1.82) is 0 Å². The number of benzene rings is 2. The average Bonchev–Trinajstić information content (AvgIpc) is 2.89. The highest BCUT2D eigenvalue weighted by molar-refractivity contribution is 5.76. The normalized spacial score (nSPS) is 11.3. The maximum absolute atomic E-state index is 14.0. The van der Waals surface area contributed by atoms with Crippen LogP contribution in [0.15, 0.2) is 42.5 Å². The van der Waals surface area contributed by atoms with Gasteiger partial charge in [0, 0.05) is 12.0 Å². The van der Waals surface area contributed by atoms with Crippen molar-refractivity contribution >= 4 is 11.0 Å². The Morgan fingerprint density at radius 3 is 2.43 bits per heavy atom. The number of nitrogens with zero attached hydrogens (tertiary/aromatic N) is 2. The molecule has 0 aliphatic carbocycles. The van der Waals surface area contributed by atoms with Crippen LogP contribution in [0.5, 0.6) is 0 Å². The van der Waals surface area contributed by atoms with Gasteiger partial charge in [-0.05, 0) is 30.7 Å². The third-order valence-corrected chi connectivity index (χ3v) is 4.12. The Morgan fingerprint density at radius 1 is 0.957 bits per heavy atom. The minimum absolute atomic E-state index is 0.0902. The van der Waals surface area contributed by atoms with Crippen LogP contribution in [0.25, 0.3) is 11.0 Å². The van der Waals surface area contributed by atoms with Crippen LogP contribution in [0.1, 0.15) is 37.6 Å². The molecule has 0 aliphatic rings. The van der Waals surface area contributed by atoms with Gasteiger partial charge in [-0.1, -0.05) is 38.0 Å². The zero-order valence-corrected chi connectivity index (χ0v) is 13.2. The molecule has 0 aliphatic heterocycles. The molecule has 1 aromatic heterocycles. The standard InChI is InChI=1S/C19H20F2N2/c1-2-3-4-12-19-22-17-10-5-6-11-18(17)23(19)13-14-15(20)8-7-9-16(14)21/h5-11H,2-4,12-13H2,1H3. The van der Waals surface area contributed by atoms with Crippen molar-refractivity contribution in [2.45, 2.75) is 39.2 Å². The lowest BCUT2D eigenvalue weighted by atomic mass is 10.1. The first-order valence-corrected chi connectivity index (χ1v) is 8.07. The lowest BCUT2D eigenvalue weighted by Gasteiger charge is -2.11. The summed E-state index contributed by atoms with van der Waals surface area (Å²) in [4.78, 5) is 4.66. The first kappa shape index (κ1) is 15.7. The zero-order chi connectivity index (χ0) is 16.2. The van der Waals surface area contributed by atoms with Gasteiger partial charge in [-0.25, -0.2) is 13.8 Å². The Kier molecular flexibility index (Phi) is 4.70. The largest absolute Gasteiger partial charge is 0.323 e. The fourth-order valence-corrected chi connectivity index (χ4v) is 2.87. The molecule has 120 valence electrons. The van der Waals surface area contributed by atoms with Gasteiger partial charge in [0.2, 0.25) is 0 Å². The summed E-state index contributed by atoms with van der Waals surface area (Å²) in [5.41, 5.74) is 1.88. The molecule has 0 amide bonds. The maximum atomic E-state index is 14.0. The van der Waals surface area contributed by atoms with Crippen LogP contribution in [0.2, 0.25) is 0 Å². The molecule has 0 saturated carbocycles. The van der Waals surface area contributed by atoms with E-state index in [0.717, 1.165) is 42.5 Å². The molecule has 0 atom stereocenters. The van der Waals surface area contributed by atoms with E-state index >= 15 is 0 Å². The van der Waals surface area contributed by atoms with E-state index in [1.54, 1.807) is 0 Å². The molecular formula is C19H20F2N2. The molecule has 2 nitrogen and oxygen atoms in total. The molecule has 23 heavy (non-hydrogen) atoms. The van der Waals surface area contributed by atoms with Crippen LogP contribution >= 0.6 is 0 Å². The van der Waals surface area contributed by atoms with Crippen molar-refractivity contribution in [3.05, 3.63) is 65.5 Å². The Balaban J connectivity index is 2.02. The Bertz CT molecular complexity index is 788. The van der Waals surface area contributed by atoms with E-state index in [1.165, 1.54) is 18.2 Å². The summed E-state index contributed by atoms with van der Waals surface area (Å²) in [6.07, 6.45) is 4.09. The first-order chi connectivity index (χ1) is 11.2. The zero-order valence-electron chi connectivity index (χ0n) is 13.2. The fraction of sp³-hybridized carbons (Fsp3) is 0.316. The molecule has 0 unspecified atom stereocenters.